The number of carboxylic acid groups (broad SMARTS) is 1. The predicted octanol–water partition coefficient (Wildman–Crippen LogP) is 2.84. The molecular formula is C16H14ClNO5. The van der Waals surface area contributed by atoms with Crippen LogP contribution in [-0.4, -0.2) is 41.6 Å². The molecule has 1 aromatic heterocycles. The molecule has 1 aliphatic heterocycles. The molecule has 1 aromatic carbocycles. The summed E-state index contributed by atoms with van der Waals surface area (Å²) in [6.45, 7) is 1.15. The zero-order chi connectivity index (χ0) is 16.4. The lowest BCUT2D eigenvalue weighted by molar-refractivity contribution is -0.0238. The van der Waals surface area contributed by atoms with E-state index in [4.69, 9.17) is 25.9 Å². The van der Waals surface area contributed by atoms with Crippen LogP contribution in [0.3, 0.4) is 0 Å². The van der Waals surface area contributed by atoms with E-state index in [2.05, 4.69) is 0 Å². The summed E-state index contributed by atoms with van der Waals surface area (Å²) in [4.78, 5) is 24.9. The van der Waals surface area contributed by atoms with Crippen LogP contribution in [0.2, 0.25) is 5.02 Å². The molecule has 0 radical (unpaired) electrons. The molecule has 0 bridgehead atoms. The summed E-state index contributed by atoms with van der Waals surface area (Å²) in [5.74, 6) is -1.81. The summed E-state index contributed by atoms with van der Waals surface area (Å²) in [6, 6.07) is 9.93. The highest BCUT2D eigenvalue weighted by Gasteiger charge is 2.28. The van der Waals surface area contributed by atoms with Gasteiger partial charge in [-0.15, -0.1) is 0 Å². The number of carbonyl (C=O) groups is 2. The van der Waals surface area contributed by atoms with E-state index < -0.39 is 5.97 Å². The number of hydrogen-bond donors (Lipinski definition) is 1. The largest absolute Gasteiger partial charge is 0.475 e. The minimum absolute atomic E-state index is 0.00847. The van der Waals surface area contributed by atoms with E-state index >= 15 is 0 Å². The quantitative estimate of drug-likeness (QED) is 0.933. The summed E-state index contributed by atoms with van der Waals surface area (Å²) >= 11 is 5.98. The van der Waals surface area contributed by atoms with Crippen molar-refractivity contribution >= 4 is 23.5 Å². The van der Waals surface area contributed by atoms with E-state index in [1.165, 1.54) is 12.1 Å². The number of ether oxygens (including phenoxy) is 1. The smallest absolute Gasteiger partial charge is 0.371 e. The van der Waals surface area contributed by atoms with Crippen LogP contribution in [0.4, 0.5) is 0 Å². The van der Waals surface area contributed by atoms with E-state index in [1.807, 2.05) is 12.1 Å². The molecule has 7 heteroatoms. The van der Waals surface area contributed by atoms with Crippen molar-refractivity contribution in [2.45, 2.75) is 6.10 Å². The molecule has 2 heterocycles. The van der Waals surface area contributed by atoms with Gasteiger partial charge in [-0.2, -0.15) is 0 Å². The van der Waals surface area contributed by atoms with E-state index in [-0.39, 0.29) is 23.5 Å². The minimum Gasteiger partial charge on any atom is -0.475 e. The number of morpholine rings is 1. The second-order valence-corrected chi connectivity index (χ2v) is 5.57. The van der Waals surface area contributed by atoms with Crippen LogP contribution in [0, 0.1) is 0 Å². The van der Waals surface area contributed by atoms with Gasteiger partial charge in [0.2, 0.25) is 5.76 Å². The van der Waals surface area contributed by atoms with Gasteiger partial charge in [0, 0.05) is 11.6 Å². The standard InChI is InChI=1S/C16H14ClNO5/c17-11-3-1-2-10(8-11)14-9-18(6-7-22-14)15(19)12-4-5-13(23-12)16(20)21/h1-5,8,14H,6-7,9H2,(H,20,21). The molecule has 6 nitrogen and oxygen atoms in total. The van der Waals surface area contributed by atoms with Crippen LogP contribution in [0.1, 0.15) is 32.8 Å². The van der Waals surface area contributed by atoms with Crippen LogP contribution in [0.15, 0.2) is 40.8 Å². The zero-order valence-electron chi connectivity index (χ0n) is 12.1. The fourth-order valence-corrected chi connectivity index (χ4v) is 2.66. The lowest BCUT2D eigenvalue weighted by Crippen LogP contribution is -2.42. The highest BCUT2D eigenvalue weighted by atomic mass is 35.5. The minimum atomic E-state index is -1.21. The Morgan fingerprint density at radius 3 is 2.70 bits per heavy atom. The topological polar surface area (TPSA) is 80.0 Å². The summed E-state index contributed by atoms with van der Waals surface area (Å²) in [5, 5.41) is 9.46. The van der Waals surface area contributed by atoms with Crippen molar-refractivity contribution in [1.29, 1.82) is 0 Å². The highest BCUT2D eigenvalue weighted by molar-refractivity contribution is 6.30. The Morgan fingerprint density at radius 2 is 2.00 bits per heavy atom. The number of furan rings is 1. The number of benzene rings is 1. The van der Waals surface area contributed by atoms with E-state index in [0.29, 0.717) is 24.7 Å². The average molecular weight is 336 g/mol. The lowest BCUT2D eigenvalue weighted by Gasteiger charge is -2.32. The average Bonchev–Trinajstić information content (AvgIpc) is 3.04. The first-order valence-corrected chi connectivity index (χ1v) is 7.42. The Morgan fingerprint density at radius 1 is 1.22 bits per heavy atom. The monoisotopic (exact) mass is 335 g/mol. The molecule has 2 aromatic rings. The molecule has 1 atom stereocenters. The molecule has 120 valence electrons. The third-order valence-corrected chi connectivity index (χ3v) is 3.84. The Labute approximate surface area is 137 Å². The highest BCUT2D eigenvalue weighted by Crippen LogP contribution is 2.25. The van der Waals surface area contributed by atoms with Crippen molar-refractivity contribution in [3.05, 3.63) is 58.5 Å². The fraction of sp³-hybridized carbons (Fsp3) is 0.250. The van der Waals surface area contributed by atoms with Crippen LogP contribution in [-0.2, 0) is 4.74 Å². The number of rotatable bonds is 3. The molecule has 1 amide bonds. The molecule has 1 unspecified atom stereocenters. The van der Waals surface area contributed by atoms with Gasteiger partial charge in [0.25, 0.3) is 5.91 Å². The molecule has 1 aliphatic rings. The van der Waals surface area contributed by atoms with Gasteiger partial charge < -0.3 is 19.2 Å². The molecule has 3 rings (SSSR count). The van der Waals surface area contributed by atoms with Crippen molar-refractivity contribution in [1.82, 2.24) is 4.90 Å². The van der Waals surface area contributed by atoms with E-state index in [0.717, 1.165) is 5.56 Å². The first kappa shape index (κ1) is 15.6. The maximum Gasteiger partial charge on any atom is 0.371 e. The van der Waals surface area contributed by atoms with Crippen LogP contribution in [0.5, 0.6) is 0 Å². The van der Waals surface area contributed by atoms with Gasteiger partial charge in [-0.25, -0.2) is 4.79 Å². The first-order chi connectivity index (χ1) is 11.0. The number of nitrogens with zero attached hydrogens (tertiary/aromatic N) is 1. The van der Waals surface area contributed by atoms with Gasteiger partial charge in [0.1, 0.15) is 6.10 Å². The number of hydrogen-bond acceptors (Lipinski definition) is 4. The molecule has 1 fully saturated rings. The normalized spacial score (nSPS) is 18.0. The third kappa shape index (κ3) is 3.38. The molecule has 1 saturated heterocycles. The van der Waals surface area contributed by atoms with E-state index in [9.17, 15) is 9.59 Å². The molecule has 0 aliphatic carbocycles. The van der Waals surface area contributed by atoms with Gasteiger partial charge in [-0.1, -0.05) is 23.7 Å². The Kier molecular flexibility index (Phi) is 4.36. The number of carbonyl (C=O) groups excluding carboxylic acids is 1. The van der Waals surface area contributed by atoms with Gasteiger partial charge in [-0.05, 0) is 29.8 Å². The van der Waals surface area contributed by atoms with Crippen molar-refractivity contribution in [2.24, 2.45) is 0 Å². The van der Waals surface area contributed by atoms with Crippen molar-refractivity contribution < 1.29 is 23.8 Å². The summed E-state index contributed by atoms with van der Waals surface area (Å²) in [5.41, 5.74) is 0.890. The Hall–Kier alpha value is -2.31. The molecule has 1 N–H and O–H groups in total. The maximum absolute atomic E-state index is 12.4. The van der Waals surface area contributed by atoms with Crippen LogP contribution in [0.25, 0.3) is 0 Å². The summed E-state index contributed by atoms with van der Waals surface area (Å²) in [6.07, 6.45) is -0.277. The second kappa shape index (κ2) is 6.44. The second-order valence-electron chi connectivity index (χ2n) is 5.13. The third-order valence-electron chi connectivity index (χ3n) is 3.60. The molecule has 0 saturated carbocycles. The van der Waals surface area contributed by atoms with Crippen LogP contribution >= 0.6 is 11.6 Å². The Bertz CT molecular complexity index is 742. The van der Waals surface area contributed by atoms with Gasteiger partial charge in [0.15, 0.2) is 5.76 Å². The molecule has 23 heavy (non-hydrogen) atoms. The predicted molar refractivity (Wildman–Crippen MR) is 81.7 cm³/mol. The first-order valence-electron chi connectivity index (χ1n) is 7.04. The van der Waals surface area contributed by atoms with Gasteiger partial charge in [-0.3, -0.25) is 4.79 Å². The number of carboxylic acids is 1. The summed E-state index contributed by atoms with van der Waals surface area (Å²) in [7, 11) is 0. The zero-order valence-corrected chi connectivity index (χ0v) is 12.8. The van der Waals surface area contributed by atoms with Gasteiger partial charge >= 0.3 is 5.97 Å². The summed E-state index contributed by atoms with van der Waals surface area (Å²) < 4.78 is 10.8. The number of halogens is 1. The lowest BCUT2D eigenvalue weighted by atomic mass is 10.1. The molecule has 0 spiro atoms. The van der Waals surface area contributed by atoms with Gasteiger partial charge in [0.05, 0.1) is 13.2 Å². The van der Waals surface area contributed by atoms with Crippen molar-refractivity contribution in [2.75, 3.05) is 19.7 Å². The molecular weight excluding hydrogens is 322 g/mol. The van der Waals surface area contributed by atoms with E-state index in [1.54, 1.807) is 17.0 Å². The number of amides is 1. The van der Waals surface area contributed by atoms with Crippen molar-refractivity contribution in [3.63, 3.8) is 0 Å². The van der Waals surface area contributed by atoms with Crippen LogP contribution < -0.4 is 0 Å². The Balaban J connectivity index is 1.75. The van der Waals surface area contributed by atoms with Crippen molar-refractivity contribution in [3.8, 4) is 0 Å². The SMILES string of the molecule is O=C(O)c1ccc(C(=O)N2CCOC(c3cccc(Cl)c3)C2)o1. The maximum atomic E-state index is 12.4. The number of aromatic carboxylic acids is 1. The fourth-order valence-electron chi connectivity index (χ4n) is 2.47.